The second-order valence-electron chi connectivity index (χ2n) is 5.85. The quantitative estimate of drug-likeness (QED) is 0.910. The maximum atomic E-state index is 12.5. The number of likely N-dealkylation sites (tertiary alicyclic amines) is 1. The molecule has 0 unspecified atom stereocenters. The molecule has 6 heteroatoms. The Bertz CT molecular complexity index is 552. The highest BCUT2D eigenvalue weighted by Crippen LogP contribution is 2.32. The lowest BCUT2D eigenvalue weighted by Gasteiger charge is -2.20. The molecule has 3 rings (SSSR count). The monoisotopic (exact) mass is 319 g/mol. The van der Waals surface area contributed by atoms with E-state index in [9.17, 15) is 9.59 Å². The molecule has 118 valence electrons. The third kappa shape index (κ3) is 3.13. The van der Waals surface area contributed by atoms with E-state index in [1.54, 1.807) is 4.90 Å². The van der Waals surface area contributed by atoms with Gasteiger partial charge in [0.25, 0.3) is 5.24 Å². The lowest BCUT2D eigenvalue weighted by molar-refractivity contribution is -0.130. The van der Waals surface area contributed by atoms with E-state index in [4.69, 9.17) is 5.73 Å². The number of hydrogen-bond acceptors (Lipinski definition) is 4. The van der Waals surface area contributed by atoms with E-state index in [1.165, 1.54) is 17.3 Å². The number of carbonyl (C=O) groups excluding carboxylic acids is 2. The molecule has 2 N–H and O–H groups in total. The first-order valence-corrected chi connectivity index (χ1v) is 8.62. The lowest BCUT2D eigenvalue weighted by Crippen LogP contribution is -2.39. The zero-order valence-electron chi connectivity index (χ0n) is 12.5. The smallest absolute Gasteiger partial charge is 0.282 e. The van der Waals surface area contributed by atoms with Crippen LogP contribution in [0.1, 0.15) is 11.5 Å². The molecule has 2 saturated heterocycles. The van der Waals surface area contributed by atoms with Crippen LogP contribution in [0.25, 0.3) is 0 Å². The van der Waals surface area contributed by atoms with Crippen LogP contribution < -0.4 is 5.73 Å². The van der Waals surface area contributed by atoms with Gasteiger partial charge in [0.2, 0.25) is 5.91 Å². The van der Waals surface area contributed by atoms with Crippen LogP contribution in [0, 0.1) is 5.92 Å². The summed E-state index contributed by atoms with van der Waals surface area (Å²) < 4.78 is 0. The second-order valence-corrected chi connectivity index (χ2v) is 6.89. The zero-order chi connectivity index (χ0) is 15.5. The normalized spacial score (nSPS) is 25.0. The molecule has 5 nitrogen and oxygen atoms in total. The largest absolute Gasteiger partial charge is 0.340 e. The number of hydrogen-bond donors (Lipinski definition) is 1. The Morgan fingerprint density at radius 3 is 2.68 bits per heavy atom. The standard InChI is InChI=1S/C16H21N3O2S/c17-8-13-9-19(10-14(13)12-4-2-1-3-5-12)15(20)11-18-6-7-22-16(18)21/h1-5,13-14H,6-11,17H2/t13-,14+/m1/s1. The predicted molar refractivity (Wildman–Crippen MR) is 87.7 cm³/mol. The molecule has 2 atom stereocenters. The average Bonchev–Trinajstić information content (AvgIpc) is 3.15. The van der Waals surface area contributed by atoms with Crippen LogP contribution >= 0.6 is 11.8 Å². The van der Waals surface area contributed by atoms with E-state index >= 15 is 0 Å². The van der Waals surface area contributed by atoms with E-state index in [1.807, 2.05) is 23.1 Å². The summed E-state index contributed by atoms with van der Waals surface area (Å²) in [6, 6.07) is 10.2. The minimum Gasteiger partial charge on any atom is -0.340 e. The average molecular weight is 319 g/mol. The molecular formula is C16H21N3O2S. The maximum absolute atomic E-state index is 12.5. The van der Waals surface area contributed by atoms with Crippen molar-refractivity contribution in [2.45, 2.75) is 5.92 Å². The Labute approximate surface area is 134 Å². The molecule has 22 heavy (non-hydrogen) atoms. The highest BCUT2D eigenvalue weighted by molar-refractivity contribution is 8.13. The van der Waals surface area contributed by atoms with Crippen LogP contribution in [0.15, 0.2) is 30.3 Å². The van der Waals surface area contributed by atoms with Crippen LogP contribution in [0.2, 0.25) is 0 Å². The van der Waals surface area contributed by atoms with E-state index < -0.39 is 0 Å². The fourth-order valence-corrected chi connectivity index (χ4v) is 4.05. The van der Waals surface area contributed by atoms with Crippen molar-refractivity contribution in [3.8, 4) is 0 Å². The summed E-state index contributed by atoms with van der Waals surface area (Å²) in [5.41, 5.74) is 7.14. The van der Waals surface area contributed by atoms with Crippen molar-refractivity contribution in [3.63, 3.8) is 0 Å². The van der Waals surface area contributed by atoms with Gasteiger partial charge in [0.05, 0.1) is 0 Å². The fraction of sp³-hybridized carbons (Fsp3) is 0.500. The van der Waals surface area contributed by atoms with E-state index in [-0.39, 0.29) is 23.6 Å². The van der Waals surface area contributed by atoms with Gasteiger partial charge in [0.15, 0.2) is 0 Å². The first kappa shape index (κ1) is 15.4. The van der Waals surface area contributed by atoms with E-state index in [0.29, 0.717) is 32.1 Å². The molecule has 0 bridgehead atoms. The van der Waals surface area contributed by atoms with Crippen molar-refractivity contribution in [1.29, 1.82) is 0 Å². The van der Waals surface area contributed by atoms with Gasteiger partial charge < -0.3 is 15.5 Å². The highest BCUT2D eigenvalue weighted by Gasteiger charge is 2.36. The second kappa shape index (κ2) is 6.71. The summed E-state index contributed by atoms with van der Waals surface area (Å²) in [4.78, 5) is 27.6. The van der Waals surface area contributed by atoms with Crippen LogP contribution in [0.4, 0.5) is 4.79 Å². The molecule has 2 aliphatic heterocycles. The molecular weight excluding hydrogens is 298 g/mol. The van der Waals surface area contributed by atoms with Gasteiger partial charge in [0.1, 0.15) is 6.54 Å². The number of benzene rings is 1. The van der Waals surface area contributed by atoms with Crippen molar-refractivity contribution >= 4 is 22.9 Å². The molecule has 2 amide bonds. The van der Waals surface area contributed by atoms with Gasteiger partial charge in [-0.2, -0.15) is 0 Å². The molecule has 0 aliphatic carbocycles. The SMILES string of the molecule is NC[C@@H]1CN(C(=O)CN2CCSC2=O)C[C@H]1c1ccccc1. The van der Waals surface area contributed by atoms with Crippen LogP contribution in [-0.4, -0.2) is 59.4 Å². The highest BCUT2D eigenvalue weighted by atomic mass is 32.2. The van der Waals surface area contributed by atoms with Gasteiger partial charge in [-0.25, -0.2) is 0 Å². The molecule has 0 radical (unpaired) electrons. The van der Waals surface area contributed by atoms with Crippen LogP contribution in [0.5, 0.6) is 0 Å². The number of nitrogens with two attached hydrogens (primary N) is 1. The van der Waals surface area contributed by atoms with Gasteiger partial charge in [-0.15, -0.1) is 0 Å². The number of thioether (sulfide) groups is 1. The Balaban J connectivity index is 1.66. The lowest BCUT2D eigenvalue weighted by atomic mass is 9.89. The third-order valence-corrected chi connectivity index (χ3v) is 5.39. The Morgan fingerprint density at radius 2 is 2.05 bits per heavy atom. The molecule has 0 spiro atoms. The van der Waals surface area contributed by atoms with Gasteiger partial charge in [-0.1, -0.05) is 42.1 Å². The molecule has 1 aromatic rings. The minimum atomic E-state index is 0.0162. The Hall–Kier alpha value is -1.53. The summed E-state index contributed by atoms with van der Waals surface area (Å²) in [6.45, 7) is 2.82. The number of amides is 2. The maximum Gasteiger partial charge on any atom is 0.282 e. The Morgan fingerprint density at radius 1 is 1.27 bits per heavy atom. The van der Waals surface area contributed by atoms with Crippen molar-refractivity contribution in [3.05, 3.63) is 35.9 Å². The first-order valence-electron chi connectivity index (χ1n) is 7.63. The van der Waals surface area contributed by atoms with E-state index in [0.717, 1.165) is 5.75 Å². The molecule has 2 heterocycles. The summed E-state index contributed by atoms with van der Waals surface area (Å²) in [7, 11) is 0. The summed E-state index contributed by atoms with van der Waals surface area (Å²) in [5.74, 6) is 1.39. The summed E-state index contributed by atoms with van der Waals surface area (Å²) in [5, 5.41) is 0.0162. The number of nitrogens with zero attached hydrogens (tertiary/aromatic N) is 2. The van der Waals surface area contributed by atoms with Crippen molar-refractivity contribution in [2.24, 2.45) is 11.7 Å². The first-order chi connectivity index (χ1) is 10.7. The summed E-state index contributed by atoms with van der Waals surface area (Å²) in [6.07, 6.45) is 0. The van der Waals surface area contributed by atoms with Gasteiger partial charge >= 0.3 is 0 Å². The zero-order valence-corrected chi connectivity index (χ0v) is 13.3. The van der Waals surface area contributed by atoms with Crippen molar-refractivity contribution < 1.29 is 9.59 Å². The van der Waals surface area contributed by atoms with Crippen LogP contribution in [-0.2, 0) is 4.79 Å². The van der Waals surface area contributed by atoms with Crippen LogP contribution in [0.3, 0.4) is 0 Å². The van der Waals surface area contributed by atoms with Gasteiger partial charge in [-0.05, 0) is 18.0 Å². The van der Waals surface area contributed by atoms with Crippen molar-refractivity contribution in [2.75, 3.05) is 38.5 Å². The van der Waals surface area contributed by atoms with Crippen molar-refractivity contribution in [1.82, 2.24) is 9.80 Å². The third-order valence-electron chi connectivity index (χ3n) is 4.50. The van der Waals surface area contributed by atoms with E-state index in [2.05, 4.69) is 12.1 Å². The molecule has 2 aliphatic rings. The molecule has 1 aromatic carbocycles. The fourth-order valence-electron chi connectivity index (χ4n) is 3.22. The summed E-state index contributed by atoms with van der Waals surface area (Å²) >= 11 is 1.29. The topological polar surface area (TPSA) is 66.6 Å². The predicted octanol–water partition coefficient (Wildman–Crippen LogP) is 1.36. The minimum absolute atomic E-state index is 0.0162. The molecule has 2 fully saturated rings. The number of rotatable bonds is 4. The van der Waals surface area contributed by atoms with Gasteiger partial charge in [-0.3, -0.25) is 9.59 Å². The molecule has 0 aromatic heterocycles. The number of carbonyl (C=O) groups is 2. The Kier molecular flexibility index (Phi) is 4.69. The molecule has 0 saturated carbocycles. The van der Waals surface area contributed by atoms with Gasteiger partial charge in [0, 0.05) is 31.3 Å².